The highest BCUT2D eigenvalue weighted by Crippen LogP contribution is 2.34. The van der Waals surface area contributed by atoms with Crippen LogP contribution >= 0.6 is 0 Å². The van der Waals surface area contributed by atoms with Crippen LogP contribution in [0.2, 0.25) is 0 Å². The number of aromatic carboxylic acids is 1. The van der Waals surface area contributed by atoms with Gasteiger partial charge in [0.2, 0.25) is 0 Å². The van der Waals surface area contributed by atoms with Crippen molar-refractivity contribution in [2.24, 2.45) is 5.92 Å². The van der Waals surface area contributed by atoms with E-state index in [-0.39, 0.29) is 15.7 Å². The molecular weight excluding hydrogens is 288 g/mol. The second-order valence-corrected chi connectivity index (χ2v) is 8.03. The first-order valence-corrected chi connectivity index (χ1v) is 8.99. The minimum absolute atomic E-state index is 0.0679. The third-order valence-electron chi connectivity index (χ3n) is 4.63. The zero-order valence-electron chi connectivity index (χ0n) is 12.5. The van der Waals surface area contributed by atoms with Crippen LogP contribution in [0, 0.1) is 12.8 Å². The molecule has 0 heterocycles. The average molecular weight is 310 g/mol. The molecule has 1 aliphatic carbocycles. The molecule has 116 valence electrons. The molecule has 0 unspecified atom stereocenters. The quantitative estimate of drug-likeness (QED) is 0.924. The predicted molar refractivity (Wildman–Crippen MR) is 81.4 cm³/mol. The van der Waals surface area contributed by atoms with Gasteiger partial charge in [0.05, 0.1) is 15.7 Å². The lowest BCUT2D eigenvalue weighted by Gasteiger charge is -2.28. The van der Waals surface area contributed by atoms with E-state index in [4.69, 9.17) is 5.11 Å². The first kappa shape index (κ1) is 16.0. The second kappa shape index (κ2) is 6.18. The Morgan fingerprint density at radius 3 is 2.38 bits per heavy atom. The van der Waals surface area contributed by atoms with Crippen LogP contribution in [-0.2, 0) is 9.84 Å². The van der Waals surface area contributed by atoms with Crippen LogP contribution in [0.4, 0.5) is 0 Å². The predicted octanol–water partition coefficient (Wildman–Crippen LogP) is 3.44. The van der Waals surface area contributed by atoms with Gasteiger partial charge in [-0.2, -0.15) is 0 Å². The molecule has 1 fully saturated rings. The molecule has 0 saturated heterocycles. The highest BCUT2D eigenvalue weighted by atomic mass is 32.2. The number of carboxylic acids is 1. The minimum Gasteiger partial charge on any atom is -0.478 e. The Morgan fingerprint density at radius 1 is 1.24 bits per heavy atom. The van der Waals surface area contributed by atoms with E-state index < -0.39 is 15.8 Å². The number of hydrogen-bond acceptors (Lipinski definition) is 3. The van der Waals surface area contributed by atoms with Gasteiger partial charge < -0.3 is 5.11 Å². The molecule has 4 nitrogen and oxygen atoms in total. The van der Waals surface area contributed by atoms with Crippen LogP contribution in [0.15, 0.2) is 23.1 Å². The van der Waals surface area contributed by atoms with Crippen LogP contribution < -0.4 is 0 Å². The van der Waals surface area contributed by atoms with E-state index in [1.165, 1.54) is 18.2 Å². The highest BCUT2D eigenvalue weighted by Gasteiger charge is 2.33. The summed E-state index contributed by atoms with van der Waals surface area (Å²) < 4.78 is 25.6. The largest absolute Gasteiger partial charge is 0.478 e. The molecule has 21 heavy (non-hydrogen) atoms. The summed E-state index contributed by atoms with van der Waals surface area (Å²) in [6.45, 7) is 3.72. The SMILES string of the molecule is CCC1CCC(S(=O)(=O)c2cccc(C(=O)O)c2C)CC1. The zero-order valence-corrected chi connectivity index (χ0v) is 13.3. The number of carbonyl (C=O) groups is 1. The lowest BCUT2D eigenvalue weighted by atomic mass is 9.87. The molecule has 1 aliphatic rings. The summed E-state index contributed by atoms with van der Waals surface area (Å²) >= 11 is 0. The summed E-state index contributed by atoms with van der Waals surface area (Å²) in [6.07, 6.45) is 4.34. The maximum Gasteiger partial charge on any atom is 0.335 e. The van der Waals surface area contributed by atoms with Crippen LogP contribution in [0.1, 0.15) is 54.9 Å². The Labute approximate surface area is 126 Å². The topological polar surface area (TPSA) is 71.4 Å². The number of sulfone groups is 1. The van der Waals surface area contributed by atoms with Gasteiger partial charge in [-0.15, -0.1) is 0 Å². The Hall–Kier alpha value is -1.36. The summed E-state index contributed by atoms with van der Waals surface area (Å²) in [4.78, 5) is 11.3. The molecule has 0 aliphatic heterocycles. The van der Waals surface area contributed by atoms with E-state index in [0.717, 1.165) is 19.3 Å². The molecule has 0 aromatic heterocycles. The van der Waals surface area contributed by atoms with E-state index in [1.807, 2.05) is 0 Å². The third-order valence-corrected chi connectivity index (χ3v) is 7.04. The van der Waals surface area contributed by atoms with Crippen molar-refractivity contribution in [3.63, 3.8) is 0 Å². The van der Waals surface area contributed by atoms with E-state index in [9.17, 15) is 13.2 Å². The van der Waals surface area contributed by atoms with Gasteiger partial charge in [0.1, 0.15) is 0 Å². The fraction of sp³-hybridized carbons (Fsp3) is 0.562. The number of carboxylic acid groups (broad SMARTS) is 1. The number of rotatable bonds is 4. The zero-order chi connectivity index (χ0) is 15.6. The van der Waals surface area contributed by atoms with Crippen molar-refractivity contribution in [1.82, 2.24) is 0 Å². The smallest absolute Gasteiger partial charge is 0.335 e. The minimum atomic E-state index is -3.44. The van der Waals surface area contributed by atoms with Crippen molar-refractivity contribution in [3.8, 4) is 0 Å². The van der Waals surface area contributed by atoms with Crippen LogP contribution in [0.25, 0.3) is 0 Å². The molecule has 1 N–H and O–H groups in total. The van der Waals surface area contributed by atoms with Crippen LogP contribution in [0.5, 0.6) is 0 Å². The standard InChI is InChI=1S/C16H22O4S/c1-3-12-7-9-13(10-8-12)21(19,20)15-6-4-5-14(11(15)2)16(17)18/h4-6,12-13H,3,7-10H2,1-2H3,(H,17,18). The fourth-order valence-electron chi connectivity index (χ4n) is 3.18. The number of hydrogen-bond donors (Lipinski definition) is 1. The highest BCUT2D eigenvalue weighted by molar-refractivity contribution is 7.92. The monoisotopic (exact) mass is 310 g/mol. The number of benzene rings is 1. The Kier molecular flexibility index (Phi) is 4.71. The molecule has 1 aromatic rings. The first-order valence-electron chi connectivity index (χ1n) is 7.44. The fourth-order valence-corrected chi connectivity index (χ4v) is 5.24. The summed E-state index contributed by atoms with van der Waals surface area (Å²) in [5.74, 6) is -0.456. The van der Waals surface area contributed by atoms with Gasteiger partial charge >= 0.3 is 5.97 Å². The molecule has 0 atom stereocenters. The molecule has 1 aromatic carbocycles. The molecular formula is C16H22O4S. The normalized spacial score (nSPS) is 23.0. The summed E-state index contributed by atoms with van der Waals surface area (Å²) in [5, 5.41) is 8.77. The summed E-state index contributed by atoms with van der Waals surface area (Å²) in [7, 11) is -3.44. The van der Waals surface area contributed by atoms with Gasteiger partial charge in [0.25, 0.3) is 0 Å². The lowest BCUT2D eigenvalue weighted by Crippen LogP contribution is -2.28. The van der Waals surface area contributed by atoms with Gasteiger partial charge in [0.15, 0.2) is 9.84 Å². The van der Waals surface area contributed by atoms with Gasteiger partial charge in [-0.3, -0.25) is 0 Å². The van der Waals surface area contributed by atoms with E-state index >= 15 is 0 Å². The Morgan fingerprint density at radius 2 is 1.86 bits per heavy atom. The van der Waals surface area contributed by atoms with Gasteiger partial charge in [-0.05, 0) is 56.2 Å². The van der Waals surface area contributed by atoms with Crippen LogP contribution in [0.3, 0.4) is 0 Å². The van der Waals surface area contributed by atoms with Gasteiger partial charge in [-0.1, -0.05) is 19.4 Å². The molecule has 0 spiro atoms. The molecule has 0 radical (unpaired) electrons. The Bertz CT molecular complexity index is 626. The molecule has 0 amide bonds. The molecule has 5 heteroatoms. The molecule has 0 bridgehead atoms. The average Bonchev–Trinajstić information content (AvgIpc) is 2.47. The van der Waals surface area contributed by atoms with E-state index in [2.05, 4.69) is 6.92 Å². The van der Waals surface area contributed by atoms with Crippen molar-refractivity contribution in [2.45, 2.75) is 56.1 Å². The third kappa shape index (κ3) is 3.12. The summed E-state index contributed by atoms with van der Waals surface area (Å²) in [6, 6.07) is 4.49. The van der Waals surface area contributed by atoms with E-state index in [0.29, 0.717) is 24.3 Å². The van der Waals surface area contributed by atoms with Crippen molar-refractivity contribution in [1.29, 1.82) is 0 Å². The van der Waals surface area contributed by atoms with Gasteiger partial charge in [-0.25, -0.2) is 13.2 Å². The molecule has 1 saturated carbocycles. The van der Waals surface area contributed by atoms with Crippen LogP contribution in [-0.4, -0.2) is 24.7 Å². The Balaban J connectivity index is 2.33. The maximum absolute atomic E-state index is 12.8. The maximum atomic E-state index is 12.8. The van der Waals surface area contributed by atoms with Gasteiger partial charge in [0, 0.05) is 0 Å². The molecule has 2 rings (SSSR count). The first-order chi connectivity index (χ1) is 9.87. The van der Waals surface area contributed by atoms with Crippen molar-refractivity contribution < 1.29 is 18.3 Å². The lowest BCUT2D eigenvalue weighted by molar-refractivity contribution is 0.0696. The van der Waals surface area contributed by atoms with Crippen molar-refractivity contribution >= 4 is 15.8 Å². The van der Waals surface area contributed by atoms with Crippen molar-refractivity contribution in [3.05, 3.63) is 29.3 Å². The second-order valence-electron chi connectivity index (χ2n) is 5.83. The van der Waals surface area contributed by atoms with Crippen molar-refractivity contribution in [2.75, 3.05) is 0 Å². The summed E-state index contributed by atoms with van der Waals surface area (Å²) in [5.41, 5.74) is 0.418. The van der Waals surface area contributed by atoms with E-state index in [1.54, 1.807) is 6.92 Å².